The van der Waals surface area contributed by atoms with E-state index in [0.717, 1.165) is 19.2 Å². The molecule has 0 atom stereocenters. The normalized spacial score (nSPS) is 10.7. The first-order chi connectivity index (χ1) is 8.75. The molecule has 2 aromatic heterocycles. The van der Waals surface area contributed by atoms with Crippen LogP contribution >= 0.6 is 33.9 Å². The van der Waals surface area contributed by atoms with E-state index in [0.29, 0.717) is 5.56 Å². The summed E-state index contributed by atoms with van der Waals surface area (Å²) in [6, 6.07) is 9.73. The molecule has 3 aromatic rings. The van der Waals surface area contributed by atoms with Gasteiger partial charge in [0.15, 0.2) is 5.78 Å². The Hall–Kier alpha value is -1.27. The summed E-state index contributed by atoms with van der Waals surface area (Å²) in [4.78, 5) is 16.6. The molecule has 2 heterocycles. The second kappa shape index (κ2) is 4.78. The molecule has 0 radical (unpaired) electrons. The van der Waals surface area contributed by atoms with Gasteiger partial charge in [0.25, 0.3) is 0 Å². The van der Waals surface area contributed by atoms with Crippen molar-refractivity contribution in [2.75, 3.05) is 0 Å². The van der Waals surface area contributed by atoms with Gasteiger partial charge in [-0.1, -0.05) is 24.3 Å². The van der Waals surface area contributed by atoms with Gasteiger partial charge < -0.3 is 0 Å². The van der Waals surface area contributed by atoms with Crippen LogP contribution in [0, 0.1) is 2.88 Å². The number of pyridine rings is 1. The minimum Gasteiger partial charge on any atom is -0.288 e. The summed E-state index contributed by atoms with van der Waals surface area (Å²) in [5.74, 6) is 0.0402. The number of rotatable bonds is 2. The van der Waals surface area contributed by atoms with Crippen molar-refractivity contribution in [3.63, 3.8) is 0 Å². The lowest BCUT2D eigenvalue weighted by molar-refractivity contribution is 0.104. The lowest BCUT2D eigenvalue weighted by Gasteiger charge is -2.03. The Labute approximate surface area is 122 Å². The van der Waals surface area contributed by atoms with Crippen molar-refractivity contribution in [2.45, 2.75) is 0 Å². The average molecular weight is 365 g/mol. The molecule has 88 valence electrons. The molecule has 2 nitrogen and oxygen atoms in total. The Balaban J connectivity index is 2.17. The van der Waals surface area contributed by atoms with Gasteiger partial charge in [-0.25, -0.2) is 0 Å². The third kappa shape index (κ3) is 2.06. The smallest absolute Gasteiger partial charge is 0.196 e. The molecule has 0 N–H and O–H groups in total. The molecule has 0 saturated carbocycles. The summed E-state index contributed by atoms with van der Waals surface area (Å²) >= 11 is 3.80. The SMILES string of the molecule is O=C(c1csc(I)c1)c1cncc2ccccc12. The van der Waals surface area contributed by atoms with Gasteiger partial charge in [-0.2, -0.15) is 0 Å². The fourth-order valence-corrected chi connectivity index (χ4v) is 3.21. The Bertz CT molecular complexity index is 730. The largest absolute Gasteiger partial charge is 0.288 e. The molecule has 1 aromatic carbocycles. The highest BCUT2D eigenvalue weighted by atomic mass is 127. The minimum atomic E-state index is 0.0402. The number of fused-ring (bicyclic) bond motifs is 1. The number of carbonyl (C=O) groups excluding carboxylic acids is 1. The predicted octanol–water partition coefficient (Wildman–Crippen LogP) is 4.13. The molecule has 0 bridgehead atoms. The van der Waals surface area contributed by atoms with E-state index in [9.17, 15) is 4.79 Å². The van der Waals surface area contributed by atoms with E-state index in [4.69, 9.17) is 0 Å². The first-order valence-corrected chi connectivity index (χ1v) is 7.33. The van der Waals surface area contributed by atoms with E-state index in [1.54, 1.807) is 23.7 Å². The van der Waals surface area contributed by atoms with E-state index in [1.807, 2.05) is 35.7 Å². The van der Waals surface area contributed by atoms with Crippen LogP contribution in [0.2, 0.25) is 0 Å². The quantitative estimate of drug-likeness (QED) is 0.505. The van der Waals surface area contributed by atoms with E-state index in [2.05, 4.69) is 27.6 Å². The van der Waals surface area contributed by atoms with Crippen LogP contribution in [0.25, 0.3) is 10.8 Å². The van der Waals surface area contributed by atoms with E-state index in [-0.39, 0.29) is 5.78 Å². The van der Waals surface area contributed by atoms with E-state index >= 15 is 0 Å². The van der Waals surface area contributed by atoms with Crippen LogP contribution in [0.5, 0.6) is 0 Å². The van der Waals surface area contributed by atoms with Gasteiger partial charge in [0.05, 0.1) is 2.88 Å². The molecule has 0 unspecified atom stereocenters. The van der Waals surface area contributed by atoms with Crippen LogP contribution < -0.4 is 0 Å². The summed E-state index contributed by atoms with van der Waals surface area (Å²) < 4.78 is 1.11. The van der Waals surface area contributed by atoms with Gasteiger partial charge in [0.2, 0.25) is 0 Å². The molecule has 18 heavy (non-hydrogen) atoms. The average Bonchev–Trinajstić information content (AvgIpc) is 2.84. The highest BCUT2D eigenvalue weighted by Gasteiger charge is 2.14. The molecule has 0 aliphatic heterocycles. The maximum Gasteiger partial charge on any atom is 0.196 e. The zero-order valence-corrected chi connectivity index (χ0v) is 12.2. The van der Waals surface area contributed by atoms with Gasteiger partial charge in [0.1, 0.15) is 0 Å². The number of aromatic nitrogens is 1. The van der Waals surface area contributed by atoms with Crippen molar-refractivity contribution in [1.29, 1.82) is 0 Å². The van der Waals surface area contributed by atoms with Crippen molar-refractivity contribution in [2.24, 2.45) is 0 Å². The number of halogens is 1. The van der Waals surface area contributed by atoms with Crippen LogP contribution in [-0.4, -0.2) is 10.8 Å². The number of thiophene rings is 1. The third-order valence-corrected chi connectivity index (χ3v) is 4.53. The van der Waals surface area contributed by atoms with E-state index in [1.165, 1.54) is 0 Å². The highest BCUT2D eigenvalue weighted by Crippen LogP contribution is 2.23. The van der Waals surface area contributed by atoms with Gasteiger partial charge in [-0.3, -0.25) is 9.78 Å². The number of ketones is 1. The van der Waals surface area contributed by atoms with Gasteiger partial charge in [-0.15, -0.1) is 11.3 Å². The maximum absolute atomic E-state index is 12.4. The standard InChI is InChI=1S/C14H8INOS/c15-13-5-10(8-18-13)14(17)12-7-16-6-9-3-1-2-4-11(9)12/h1-8H. The van der Waals surface area contributed by atoms with Crippen LogP contribution in [0.15, 0.2) is 48.1 Å². The summed E-state index contributed by atoms with van der Waals surface area (Å²) in [6.07, 6.45) is 3.43. The summed E-state index contributed by atoms with van der Waals surface area (Å²) in [5, 5.41) is 3.85. The van der Waals surface area contributed by atoms with Crippen LogP contribution in [0.3, 0.4) is 0 Å². The van der Waals surface area contributed by atoms with Crippen molar-refractivity contribution < 1.29 is 4.79 Å². The molecule has 0 fully saturated rings. The second-order valence-corrected chi connectivity index (χ2v) is 6.68. The Morgan fingerprint density at radius 1 is 1.22 bits per heavy atom. The molecular formula is C14H8INOS. The van der Waals surface area contributed by atoms with Gasteiger partial charge >= 0.3 is 0 Å². The summed E-state index contributed by atoms with van der Waals surface area (Å²) in [5.41, 5.74) is 1.41. The predicted molar refractivity (Wildman–Crippen MR) is 82.2 cm³/mol. The van der Waals surface area contributed by atoms with Crippen molar-refractivity contribution in [3.8, 4) is 0 Å². The van der Waals surface area contributed by atoms with Crippen molar-refractivity contribution in [3.05, 3.63) is 62.1 Å². The first-order valence-electron chi connectivity index (χ1n) is 5.37. The number of hydrogen-bond acceptors (Lipinski definition) is 3. The monoisotopic (exact) mass is 365 g/mol. The fraction of sp³-hybridized carbons (Fsp3) is 0. The molecule has 0 saturated heterocycles. The number of hydrogen-bond donors (Lipinski definition) is 0. The topological polar surface area (TPSA) is 30.0 Å². The molecule has 0 aliphatic rings. The van der Waals surface area contributed by atoms with E-state index < -0.39 is 0 Å². The highest BCUT2D eigenvalue weighted by molar-refractivity contribution is 14.1. The van der Waals surface area contributed by atoms with Crippen LogP contribution in [0.1, 0.15) is 15.9 Å². The molecule has 0 aliphatic carbocycles. The lowest BCUT2D eigenvalue weighted by Crippen LogP contribution is -2.01. The van der Waals surface area contributed by atoms with Gasteiger partial charge in [0, 0.05) is 34.3 Å². The Morgan fingerprint density at radius 2 is 2.06 bits per heavy atom. The third-order valence-electron chi connectivity index (χ3n) is 2.74. The minimum absolute atomic E-state index is 0.0402. The van der Waals surface area contributed by atoms with Gasteiger partial charge in [-0.05, 0) is 34.0 Å². The molecule has 0 spiro atoms. The number of benzene rings is 1. The lowest BCUT2D eigenvalue weighted by atomic mass is 10.0. The zero-order chi connectivity index (χ0) is 12.5. The Morgan fingerprint density at radius 3 is 2.83 bits per heavy atom. The fourth-order valence-electron chi connectivity index (χ4n) is 1.88. The van der Waals surface area contributed by atoms with Crippen LogP contribution in [-0.2, 0) is 0 Å². The Kier molecular flexibility index (Phi) is 3.13. The second-order valence-electron chi connectivity index (χ2n) is 3.88. The molecule has 3 rings (SSSR count). The van der Waals surface area contributed by atoms with Crippen molar-refractivity contribution >= 4 is 50.5 Å². The van der Waals surface area contributed by atoms with Crippen molar-refractivity contribution in [1.82, 2.24) is 4.98 Å². The molecule has 0 amide bonds. The van der Waals surface area contributed by atoms with Crippen LogP contribution in [0.4, 0.5) is 0 Å². The number of carbonyl (C=O) groups is 1. The molecule has 4 heteroatoms. The maximum atomic E-state index is 12.4. The summed E-state index contributed by atoms with van der Waals surface area (Å²) in [6.45, 7) is 0. The first kappa shape index (κ1) is 11.8. The molecular weight excluding hydrogens is 357 g/mol. The zero-order valence-electron chi connectivity index (χ0n) is 9.26. The summed E-state index contributed by atoms with van der Waals surface area (Å²) in [7, 11) is 0. The number of nitrogens with zero attached hydrogens (tertiary/aromatic N) is 1.